The Hall–Kier alpha value is -4.83. The molecule has 2 saturated heterocycles. The number of nitrogens with zero attached hydrogens (tertiary/aromatic N) is 2. The highest BCUT2D eigenvalue weighted by atomic mass is 19.4. The maximum absolute atomic E-state index is 12.8. The summed E-state index contributed by atoms with van der Waals surface area (Å²) in [7, 11) is 2.42. The van der Waals surface area contributed by atoms with Crippen molar-refractivity contribution in [3.63, 3.8) is 0 Å². The first-order valence-electron chi connectivity index (χ1n) is 15.9. The molecule has 2 fully saturated rings. The zero-order valence-corrected chi connectivity index (χ0v) is 28.0. The highest BCUT2D eigenvalue weighted by Gasteiger charge is 2.39. The molecule has 0 spiro atoms. The van der Waals surface area contributed by atoms with Crippen LogP contribution < -0.4 is 0 Å². The fourth-order valence-electron chi connectivity index (χ4n) is 6.04. The van der Waals surface area contributed by atoms with E-state index in [9.17, 15) is 50.3 Å². The number of alkyl halides is 6. The zero-order valence-electron chi connectivity index (χ0n) is 28.0. The number of methoxy groups -OCH3 is 2. The van der Waals surface area contributed by atoms with Crippen molar-refractivity contribution < 1.29 is 69.6 Å². The number of hydrogen-bond acceptors (Lipinski definition) is 8. The fraction of sp³-hybridized carbons (Fsp3) is 0.500. The van der Waals surface area contributed by atoms with E-state index >= 15 is 0 Å². The minimum Gasteiger partial charge on any atom is -0.481 e. The number of halogens is 6. The normalized spacial score (nSPS) is 20.7. The average molecular weight is 733 g/mol. The summed E-state index contributed by atoms with van der Waals surface area (Å²) >= 11 is 0. The van der Waals surface area contributed by atoms with Crippen molar-refractivity contribution in [3.8, 4) is 0 Å². The van der Waals surface area contributed by atoms with E-state index in [0.29, 0.717) is 17.5 Å². The highest BCUT2D eigenvalue weighted by Crippen LogP contribution is 2.38. The van der Waals surface area contributed by atoms with Gasteiger partial charge in [-0.2, -0.15) is 26.3 Å². The van der Waals surface area contributed by atoms with Gasteiger partial charge in [0.05, 0.1) is 50.0 Å². The van der Waals surface area contributed by atoms with Crippen LogP contribution in [0.2, 0.25) is 0 Å². The van der Waals surface area contributed by atoms with Gasteiger partial charge in [0.1, 0.15) is 12.2 Å². The first-order valence-corrected chi connectivity index (χ1v) is 15.9. The zero-order chi connectivity index (χ0) is 38.1. The molecule has 0 aliphatic carbocycles. The molecule has 4 atom stereocenters. The Morgan fingerprint density at radius 3 is 1.45 bits per heavy atom. The van der Waals surface area contributed by atoms with E-state index in [1.54, 1.807) is 6.92 Å². The van der Waals surface area contributed by atoms with Crippen LogP contribution in [0.3, 0.4) is 0 Å². The number of aliphatic carboxylic acids is 1. The van der Waals surface area contributed by atoms with Gasteiger partial charge >= 0.3 is 36.5 Å². The Labute approximate surface area is 289 Å². The van der Waals surface area contributed by atoms with Gasteiger partial charge in [0.15, 0.2) is 0 Å². The number of esters is 1. The molecule has 4 rings (SSSR count). The quantitative estimate of drug-likeness (QED) is 0.137. The number of likely N-dealkylation sites (tertiary alicyclic amines) is 2. The van der Waals surface area contributed by atoms with E-state index in [4.69, 9.17) is 14.6 Å². The molecule has 17 heteroatoms. The smallest absolute Gasteiger partial charge is 0.416 e. The number of Topliss-reactive ketones (excluding diaryl/α,β-unsaturated/α-hetero) is 1. The third kappa shape index (κ3) is 10.8. The molecule has 0 saturated carbocycles. The molecule has 1 N–H and O–H groups in total. The van der Waals surface area contributed by atoms with E-state index in [0.717, 1.165) is 24.3 Å². The molecule has 11 nitrogen and oxygen atoms in total. The molecule has 280 valence electrons. The topological polar surface area (TPSA) is 140 Å². The molecule has 51 heavy (non-hydrogen) atoms. The molecule has 2 aliphatic rings. The lowest BCUT2D eigenvalue weighted by atomic mass is 9.83. The van der Waals surface area contributed by atoms with Gasteiger partial charge in [0.25, 0.3) is 0 Å². The van der Waals surface area contributed by atoms with Crippen molar-refractivity contribution in [2.24, 2.45) is 11.8 Å². The standard InChI is InChI=1S/C19H22F3NO5.C15H16F3NO4/c1-3-28-17(25)11-16(24)13-8-9-23(18(26)27-2)15(10-13)12-4-6-14(7-5-12)19(20,21)22;1-23-14(22)19-7-6-10(13(20)21)8-12(19)9-2-4-11(5-3-9)15(16,17)18/h4-7,13,15H,3,8-11H2,1-2H3;2-5,10,12H,6-8H2,1H3,(H,20,21). The number of carboxylic acids is 1. The lowest BCUT2D eigenvalue weighted by molar-refractivity contribution is -0.147. The van der Waals surface area contributed by atoms with Gasteiger partial charge in [-0.1, -0.05) is 24.3 Å². The summed E-state index contributed by atoms with van der Waals surface area (Å²) in [4.78, 5) is 61.8. The van der Waals surface area contributed by atoms with E-state index in [1.165, 1.54) is 48.3 Å². The Bertz CT molecular complexity index is 1530. The van der Waals surface area contributed by atoms with Crippen LogP contribution in [0.15, 0.2) is 48.5 Å². The summed E-state index contributed by atoms with van der Waals surface area (Å²) in [6.07, 6.45) is -9.58. The highest BCUT2D eigenvalue weighted by molar-refractivity contribution is 5.97. The first kappa shape index (κ1) is 40.6. The Kier molecular flexibility index (Phi) is 13.8. The van der Waals surface area contributed by atoms with Gasteiger partial charge in [-0.25, -0.2) is 9.59 Å². The second kappa shape index (κ2) is 17.4. The summed E-state index contributed by atoms with van der Waals surface area (Å²) in [6.45, 7) is 2.17. The van der Waals surface area contributed by atoms with Crippen molar-refractivity contribution in [3.05, 3.63) is 70.8 Å². The summed E-state index contributed by atoms with van der Waals surface area (Å²) in [5.41, 5.74) is -0.676. The van der Waals surface area contributed by atoms with Gasteiger partial charge in [-0.05, 0) is 68.0 Å². The van der Waals surface area contributed by atoms with Crippen LogP contribution in [0, 0.1) is 11.8 Å². The summed E-state index contributed by atoms with van der Waals surface area (Å²) in [5.74, 6) is -3.05. The Morgan fingerprint density at radius 1 is 0.706 bits per heavy atom. The maximum Gasteiger partial charge on any atom is 0.416 e. The van der Waals surface area contributed by atoms with Crippen molar-refractivity contribution >= 4 is 29.9 Å². The predicted molar refractivity (Wildman–Crippen MR) is 166 cm³/mol. The fourth-order valence-corrected chi connectivity index (χ4v) is 6.04. The number of hydrogen-bond donors (Lipinski definition) is 1. The minimum absolute atomic E-state index is 0.135. The van der Waals surface area contributed by atoms with Crippen LogP contribution >= 0.6 is 0 Å². The largest absolute Gasteiger partial charge is 0.481 e. The van der Waals surface area contributed by atoms with Crippen LogP contribution in [-0.2, 0) is 40.9 Å². The van der Waals surface area contributed by atoms with Crippen molar-refractivity contribution in [1.29, 1.82) is 0 Å². The van der Waals surface area contributed by atoms with Crippen LogP contribution in [-0.4, -0.2) is 78.7 Å². The molecule has 2 amide bonds. The van der Waals surface area contributed by atoms with E-state index in [1.807, 2.05) is 0 Å². The van der Waals surface area contributed by atoms with Crippen molar-refractivity contribution in [1.82, 2.24) is 9.80 Å². The number of ketones is 1. The second-order valence-corrected chi connectivity index (χ2v) is 11.8. The number of carboxylic acid groups (broad SMARTS) is 1. The van der Waals surface area contributed by atoms with Gasteiger partial charge in [0, 0.05) is 19.0 Å². The first-order chi connectivity index (χ1) is 23.9. The molecule has 4 unspecified atom stereocenters. The lowest BCUT2D eigenvalue weighted by Gasteiger charge is -2.38. The van der Waals surface area contributed by atoms with Crippen molar-refractivity contribution in [2.75, 3.05) is 33.9 Å². The van der Waals surface area contributed by atoms with Crippen LogP contribution in [0.4, 0.5) is 35.9 Å². The number of carbonyl (C=O) groups excluding carboxylic acids is 4. The lowest BCUT2D eigenvalue weighted by Crippen LogP contribution is -2.43. The Morgan fingerprint density at radius 2 is 1.10 bits per heavy atom. The summed E-state index contributed by atoms with van der Waals surface area (Å²) < 4.78 is 90.5. The maximum atomic E-state index is 12.8. The molecular weight excluding hydrogens is 694 g/mol. The molecule has 0 radical (unpaired) electrons. The monoisotopic (exact) mass is 732 g/mol. The van der Waals surface area contributed by atoms with Crippen molar-refractivity contribution in [2.45, 2.75) is 63.5 Å². The molecule has 0 bridgehead atoms. The number of rotatable bonds is 7. The van der Waals surface area contributed by atoms with E-state index < -0.39 is 71.5 Å². The number of carbonyl (C=O) groups is 5. The summed E-state index contributed by atoms with van der Waals surface area (Å²) in [6, 6.07) is 7.61. The van der Waals surface area contributed by atoms with Crippen LogP contribution in [0.1, 0.15) is 73.4 Å². The molecule has 0 aromatic heterocycles. The third-order valence-corrected chi connectivity index (χ3v) is 8.70. The average Bonchev–Trinajstić information content (AvgIpc) is 3.10. The van der Waals surface area contributed by atoms with Gasteiger partial charge in [-0.15, -0.1) is 0 Å². The van der Waals surface area contributed by atoms with Gasteiger partial charge < -0.3 is 29.1 Å². The predicted octanol–water partition coefficient (Wildman–Crippen LogP) is 7.06. The Balaban J connectivity index is 0.000000281. The van der Waals surface area contributed by atoms with Gasteiger partial charge in [-0.3, -0.25) is 14.4 Å². The molecular formula is C34H38F6N2O9. The van der Waals surface area contributed by atoms with Gasteiger partial charge in [0.2, 0.25) is 0 Å². The number of piperidine rings is 2. The SMILES string of the molecule is CCOC(=O)CC(=O)C1CCN(C(=O)OC)C(c2ccc(C(F)(F)F)cc2)C1.COC(=O)N1CCC(C(=O)O)CC1c1ccc(C(F)(F)F)cc1. The second-order valence-electron chi connectivity index (χ2n) is 11.8. The third-order valence-electron chi connectivity index (χ3n) is 8.70. The molecule has 2 aliphatic heterocycles. The molecule has 2 aromatic carbocycles. The van der Waals surface area contributed by atoms with Crippen LogP contribution in [0.5, 0.6) is 0 Å². The molecule has 2 aromatic rings. The number of benzene rings is 2. The number of ether oxygens (including phenoxy) is 3. The number of amides is 2. The summed E-state index contributed by atoms with van der Waals surface area (Å²) in [5, 5.41) is 9.15. The van der Waals surface area contributed by atoms with E-state index in [2.05, 4.69) is 4.74 Å². The minimum atomic E-state index is -4.47. The van der Waals surface area contributed by atoms with E-state index in [-0.39, 0.29) is 51.2 Å². The molecule has 2 heterocycles. The van der Waals surface area contributed by atoms with Crippen LogP contribution in [0.25, 0.3) is 0 Å².